The summed E-state index contributed by atoms with van der Waals surface area (Å²) in [6.45, 7) is 14.8. The van der Waals surface area contributed by atoms with Gasteiger partial charge >= 0.3 is 0 Å². The molecule has 0 atom stereocenters. The van der Waals surface area contributed by atoms with Gasteiger partial charge in [0, 0.05) is 19.1 Å². The lowest BCUT2D eigenvalue weighted by molar-refractivity contribution is 0.385. The van der Waals surface area contributed by atoms with E-state index < -0.39 is 0 Å². The number of nitrogens with zero attached hydrogens (tertiary/aromatic N) is 1. The standard InChI is InChI=1S/C12H27N3/c1-7-13-11(15-10(2)3)14-9-8-12(4,5)6/h10H,7-9H2,1-6H3,(H2,13,14,15). The van der Waals surface area contributed by atoms with Gasteiger partial charge in [-0.15, -0.1) is 0 Å². The molecule has 2 N–H and O–H groups in total. The number of nitrogens with one attached hydrogen (secondary N) is 2. The lowest BCUT2D eigenvalue weighted by Crippen LogP contribution is -2.41. The molecule has 0 aliphatic heterocycles. The second kappa shape index (κ2) is 6.70. The summed E-state index contributed by atoms with van der Waals surface area (Å²) >= 11 is 0. The minimum Gasteiger partial charge on any atom is -0.357 e. The minimum atomic E-state index is 0.360. The SMILES string of the molecule is CCNC(=NCCC(C)(C)C)NC(C)C. The van der Waals surface area contributed by atoms with E-state index in [1.54, 1.807) is 0 Å². The van der Waals surface area contributed by atoms with Crippen LogP contribution in [0.1, 0.15) is 48.0 Å². The highest BCUT2D eigenvalue weighted by atomic mass is 15.2. The number of hydrogen-bond acceptors (Lipinski definition) is 1. The molecule has 0 aromatic rings. The van der Waals surface area contributed by atoms with E-state index in [-0.39, 0.29) is 0 Å². The summed E-state index contributed by atoms with van der Waals surface area (Å²) in [6, 6.07) is 0.428. The molecule has 0 heterocycles. The van der Waals surface area contributed by atoms with Gasteiger partial charge in [-0.25, -0.2) is 0 Å². The fraction of sp³-hybridized carbons (Fsp3) is 0.917. The van der Waals surface area contributed by atoms with Gasteiger partial charge in [-0.2, -0.15) is 0 Å². The molecule has 0 amide bonds. The van der Waals surface area contributed by atoms with Crippen LogP contribution in [0.3, 0.4) is 0 Å². The van der Waals surface area contributed by atoms with E-state index in [0.29, 0.717) is 11.5 Å². The second-order valence-electron chi connectivity index (χ2n) is 5.37. The maximum Gasteiger partial charge on any atom is 0.191 e. The van der Waals surface area contributed by atoms with Crippen molar-refractivity contribution in [3.05, 3.63) is 0 Å². The molecule has 0 saturated heterocycles. The Balaban J connectivity index is 4.05. The summed E-state index contributed by atoms with van der Waals surface area (Å²) in [6.07, 6.45) is 1.11. The number of guanidine groups is 1. The Morgan fingerprint density at radius 2 is 1.87 bits per heavy atom. The van der Waals surface area contributed by atoms with Crippen LogP contribution in [0, 0.1) is 5.41 Å². The van der Waals surface area contributed by atoms with Crippen LogP contribution in [0.5, 0.6) is 0 Å². The van der Waals surface area contributed by atoms with Gasteiger partial charge < -0.3 is 10.6 Å². The molecule has 0 rings (SSSR count). The average Bonchev–Trinajstić information content (AvgIpc) is 2.00. The van der Waals surface area contributed by atoms with E-state index in [1.165, 1.54) is 0 Å². The smallest absolute Gasteiger partial charge is 0.191 e. The van der Waals surface area contributed by atoms with Gasteiger partial charge in [0.25, 0.3) is 0 Å². The van der Waals surface area contributed by atoms with Gasteiger partial charge in [0.2, 0.25) is 0 Å². The molecule has 15 heavy (non-hydrogen) atoms. The Morgan fingerprint density at radius 3 is 2.27 bits per heavy atom. The van der Waals surface area contributed by atoms with E-state index in [1.807, 2.05) is 0 Å². The summed E-state index contributed by atoms with van der Waals surface area (Å²) in [5.74, 6) is 0.928. The summed E-state index contributed by atoms with van der Waals surface area (Å²) in [4.78, 5) is 4.53. The number of aliphatic imine (C=N–C) groups is 1. The van der Waals surface area contributed by atoms with Crippen LogP contribution in [0.4, 0.5) is 0 Å². The lowest BCUT2D eigenvalue weighted by Gasteiger charge is -2.18. The zero-order chi connectivity index (χ0) is 11.9. The third-order valence-corrected chi connectivity index (χ3v) is 1.90. The maximum absolute atomic E-state index is 4.53. The van der Waals surface area contributed by atoms with Crippen molar-refractivity contribution in [2.45, 2.75) is 54.0 Å². The van der Waals surface area contributed by atoms with E-state index in [2.05, 4.69) is 57.2 Å². The van der Waals surface area contributed by atoms with E-state index in [4.69, 9.17) is 0 Å². The maximum atomic E-state index is 4.53. The fourth-order valence-corrected chi connectivity index (χ4v) is 1.10. The second-order valence-corrected chi connectivity index (χ2v) is 5.37. The normalized spacial score (nSPS) is 13.1. The zero-order valence-corrected chi connectivity index (χ0v) is 11.1. The van der Waals surface area contributed by atoms with E-state index in [9.17, 15) is 0 Å². The molecule has 0 spiro atoms. The molecule has 0 aromatic heterocycles. The van der Waals surface area contributed by atoms with Crippen LogP contribution >= 0.6 is 0 Å². The van der Waals surface area contributed by atoms with Crippen molar-refractivity contribution in [2.75, 3.05) is 13.1 Å². The molecule has 0 unspecified atom stereocenters. The first-order valence-corrected chi connectivity index (χ1v) is 5.90. The number of hydrogen-bond donors (Lipinski definition) is 2. The Kier molecular flexibility index (Phi) is 6.37. The summed E-state index contributed by atoms with van der Waals surface area (Å²) in [7, 11) is 0. The summed E-state index contributed by atoms with van der Waals surface area (Å²) in [5, 5.41) is 6.54. The van der Waals surface area contributed by atoms with Crippen molar-refractivity contribution in [3.63, 3.8) is 0 Å². The van der Waals surface area contributed by atoms with Crippen molar-refractivity contribution in [1.82, 2.24) is 10.6 Å². The minimum absolute atomic E-state index is 0.360. The van der Waals surface area contributed by atoms with Crippen molar-refractivity contribution < 1.29 is 0 Å². The summed E-state index contributed by atoms with van der Waals surface area (Å²) in [5.41, 5.74) is 0.360. The Labute approximate surface area is 94.7 Å². The van der Waals surface area contributed by atoms with Gasteiger partial charge in [0.05, 0.1) is 0 Å². The van der Waals surface area contributed by atoms with Gasteiger partial charge in [-0.3, -0.25) is 4.99 Å². The first kappa shape index (κ1) is 14.3. The first-order chi connectivity index (χ1) is 6.85. The van der Waals surface area contributed by atoms with E-state index in [0.717, 1.165) is 25.5 Å². The van der Waals surface area contributed by atoms with Gasteiger partial charge in [-0.05, 0) is 32.6 Å². The third kappa shape index (κ3) is 9.57. The molecule has 0 fully saturated rings. The van der Waals surface area contributed by atoms with Gasteiger partial charge in [0.15, 0.2) is 5.96 Å². The topological polar surface area (TPSA) is 36.4 Å². The van der Waals surface area contributed by atoms with Crippen LogP contribution in [0.25, 0.3) is 0 Å². The Bertz CT molecular complexity index is 190. The Hall–Kier alpha value is -0.730. The van der Waals surface area contributed by atoms with Crippen LogP contribution in [0.2, 0.25) is 0 Å². The van der Waals surface area contributed by atoms with Gasteiger partial charge in [0.1, 0.15) is 0 Å². The first-order valence-electron chi connectivity index (χ1n) is 5.90. The van der Waals surface area contributed by atoms with Crippen LogP contribution in [0.15, 0.2) is 4.99 Å². The van der Waals surface area contributed by atoms with Crippen LogP contribution in [-0.4, -0.2) is 25.1 Å². The molecule has 3 heteroatoms. The molecular weight excluding hydrogens is 186 g/mol. The molecule has 0 aliphatic carbocycles. The van der Waals surface area contributed by atoms with Gasteiger partial charge in [-0.1, -0.05) is 20.8 Å². The fourth-order valence-electron chi connectivity index (χ4n) is 1.10. The predicted molar refractivity (Wildman–Crippen MR) is 68.3 cm³/mol. The van der Waals surface area contributed by atoms with Crippen molar-refractivity contribution in [1.29, 1.82) is 0 Å². The average molecular weight is 213 g/mol. The highest BCUT2D eigenvalue weighted by Gasteiger charge is 2.09. The monoisotopic (exact) mass is 213 g/mol. The van der Waals surface area contributed by atoms with E-state index >= 15 is 0 Å². The molecule has 0 aliphatic rings. The summed E-state index contributed by atoms with van der Waals surface area (Å²) < 4.78 is 0. The van der Waals surface area contributed by atoms with Crippen molar-refractivity contribution >= 4 is 5.96 Å². The molecule has 3 nitrogen and oxygen atoms in total. The molecule has 0 radical (unpaired) electrons. The lowest BCUT2D eigenvalue weighted by atomic mass is 9.93. The molecule has 0 saturated carbocycles. The highest BCUT2D eigenvalue weighted by molar-refractivity contribution is 5.79. The van der Waals surface area contributed by atoms with Crippen molar-refractivity contribution in [3.8, 4) is 0 Å². The van der Waals surface area contributed by atoms with Crippen molar-refractivity contribution in [2.24, 2.45) is 10.4 Å². The van der Waals surface area contributed by atoms with Crippen LogP contribution in [-0.2, 0) is 0 Å². The zero-order valence-electron chi connectivity index (χ0n) is 11.1. The highest BCUT2D eigenvalue weighted by Crippen LogP contribution is 2.17. The quantitative estimate of drug-likeness (QED) is 0.556. The van der Waals surface area contributed by atoms with Crippen LogP contribution < -0.4 is 10.6 Å². The number of rotatable bonds is 4. The largest absolute Gasteiger partial charge is 0.357 e. The predicted octanol–water partition coefficient (Wildman–Crippen LogP) is 2.39. The molecule has 90 valence electrons. The molecular formula is C12H27N3. The molecule has 0 aromatic carbocycles. The third-order valence-electron chi connectivity index (χ3n) is 1.90. The Morgan fingerprint density at radius 1 is 1.27 bits per heavy atom. The molecule has 0 bridgehead atoms.